The number of carbonyl (C=O) groups is 2. The fraction of sp³-hybridized carbons (Fsp3) is 0.385. The maximum atomic E-state index is 13.5. The maximum Gasteiger partial charge on any atom is 0.329 e. The van der Waals surface area contributed by atoms with Crippen molar-refractivity contribution in [2.45, 2.75) is 25.3 Å². The highest BCUT2D eigenvalue weighted by molar-refractivity contribution is 5.98. The van der Waals surface area contributed by atoms with Crippen LogP contribution in [0.15, 0.2) is 12.1 Å². The van der Waals surface area contributed by atoms with Crippen LogP contribution in [0.5, 0.6) is 0 Å². The van der Waals surface area contributed by atoms with E-state index in [9.17, 15) is 22.8 Å². The van der Waals surface area contributed by atoms with Crippen LogP contribution in [0, 0.1) is 23.4 Å². The Labute approximate surface area is 112 Å². The van der Waals surface area contributed by atoms with Crippen molar-refractivity contribution in [1.82, 2.24) is 5.32 Å². The van der Waals surface area contributed by atoms with Gasteiger partial charge in [0, 0.05) is 0 Å². The molecule has 1 saturated carbocycles. The maximum absolute atomic E-state index is 13.5. The zero-order chi connectivity index (χ0) is 15.1. The summed E-state index contributed by atoms with van der Waals surface area (Å²) in [4.78, 5) is 23.1. The van der Waals surface area contributed by atoms with Gasteiger partial charge >= 0.3 is 5.97 Å². The van der Waals surface area contributed by atoms with E-state index >= 15 is 0 Å². The van der Waals surface area contributed by atoms with Crippen molar-refractivity contribution in [3.63, 3.8) is 0 Å². The number of carboxylic acids is 1. The summed E-state index contributed by atoms with van der Waals surface area (Å²) in [5.74, 6) is -7.40. The fourth-order valence-electron chi connectivity index (χ4n) is 2.00. The summed E-state index contributed by atoms with van der Waals surface area (Å²) in [7, 11) is 0. The summed E-state index contributed by atoms with van der Waals surface area (Å²) >= 11 is 0. The molecule has 0 bridgehead atoms. The van der Waals surface area contributed by atoms with Crippen LogP contribution >= 0.6 is 0 Å². The second-order valence-corrected chi connectivity index (χ2v) is 4.96. The zero-order valence-electron chi connectivity index (χ0n) is 10.5. The van der Waals surface area contributed by atoms with Gasteiger partial charge in [-0.3, -0.25) is 4.79 Å². The van der Waals surface area contributed by atoms with Gasteiger partial charge in [-0.25, -0.2) is 18.0 Å². The van der Waals surface area contributed by atoms with E-state index in [1.54, 1.807) is 0 Å². The van der Waals surface area contributed by atoms with Crippen molar-refractivity contribution < 1.29 is 27.9 Å². The number of benzene rings is 1. The monoisotopic (exact) mass is 287 g/mol. The van der Waals surface area contributed by atoms with Crippen molar-refractivity contribution in [3.8, 4) is 0 Å². The van der Waals surface area contributed by atoms with Crippen LogP contribution in [-0.4, -0.2) is 22.5 Å². The summed E-state index contributed by atoms with van der Waals surface area (Å²) in [6.07, 6.45) is 1.26. The van der Waals surface area contributed by atoms with Gasteiger partial charge in [-0.2, -0.15) is 0 Å². The van der Waals surface area contributed by atoms with Crippen molar-refractivity contribution in [2.75, 3.05) is 0 Å². The molecule has 1 aliphatic rings. The van der Waals surface area contributed by atoms with E-state index in [-0.39, 0.29) is 5.92 Å². The third kappa shape index (κ3) is 2.35. The Morgan fingerprint density at radius 3 is 2.35 bits per heavy atom. The first-order chi connectivity index (χ1) is 9.27. The van der Waals surface area contributed by atoms with Gasteiger partial charge in [-0.05, 0) is 37.8 Å². The Morgan fingerprint density at radius 1 is 1.25 bits per heavy atom. The van der Waals surface area contributed by atoms with Crippen LogP contribution in [0.4, 0.5) is 13.2 Å². The Bertz CT molecular complexity index is 586. The van der Waals surface area contributed by atoms with Crippen LogP contribution in [0.1, 0.15) is 30.1 Å². The van der Waals surface area contributed by atoms with Gasteiger partial charge in [-0.1, -0.05) is 0 Å². The first kappa shape index (κ1) is 14.4. The Morgan fingerprint density at radius 2 is 1.85 bits per heavy atom. The molecule has 1 unspecified atom stereocenters. The number of rotatable bonds is 4. The number of amides is 1. The van der Waals surface area contributed by atoms with Gasteiger partial charge in [0.15, 0.2) is 17.5 Å². The average Bonchev–Trinajstić information content (AvgIpc) is 3.20. The summed E-state index contributed by atoms with van der Waals surface area (Å²) in [6.45, 7) is 1.31. The minimum atomic E-state index is -1.76. The van der Waals surface area contributed by atoms with Crippen LogP contribution in [0.25, 0.3) is 0 Å². The molecular weight excluding hydrogens is 275 g/mol. The highest BCUT2D eigenvalue weighted by Crippen LogP contribution is 2.40. The largest absolute Gasteiger partial charge is 0.480 e. The molecule has 4 nitrogen and oxygen atoms in total. The summed E-state index contributed by atoms with van der Waals surface area (Å²) in [6, 6.07) is 1.39. The van der Waals surface area contributed by atoms with Crippen LogP contribution in [0.2, 0.25) is 0 Å². The van der Waals surface area contributed by atoms with Crippen molar-refractivity contribution in [1.29, 1.82) is 0 Å². The molecule has 0 radical (unpaired) electrons. The van der Waals surface area contributed by atoms with Gasteiger partial charge < -0.3 is 10.4 Å². The zero-order valence-corrected chi connectivity index (χ0v) is 10.5. The molecule has 2 N–H and O–H groups in total. The minimum absolute atomic E-state index is 0.252. The van der Waals surface area contributed by atoms with Crippen molar-refractivity contribution >= 4 is 11.9 Å². The quantitative estimate of drug-likeness (QED) is 0.833. The van der Waals surface area contributed by atoms with Crippen LogP contribution < -0.4 is 5.32 Å². The van der Waals surface area contributed by atoms with Gasteiger partial charge in [0.2, 0.25) is 0 Å². The summed E-state index contributed by atoms with van der Waals surface area (Å²) < 4.78 is 39.3. The number of aliphatic carboxylic acids is 1. The van der Waals surface area contributed by atoms with Crippen molar-refractivity contribution in [3.05, 3.63) is 35.1 Å². The van der Waals surface area contributed by atoms with E-state index in [1.807, 2.05) is 0 Å². The van der Waals surface area contributed by atoms with Gasteiger partial charge in [-0.15, -0.1) is 0 Å². The molecule has 1 atom stereocenters. The molecule has 1 amide bonds. The van der Waals surface area contributed by atoms with Crippen LogP contribution in [0.3, 0.4) is 0 Å². The highest BCUT2D eigenvalue weighted by Gasteiger charge is 2.48. The molecule has 1 fully saturated rings. The van der Waals surface area contributed by atoms with Gasteiger partial charge in [0.05, 0.1) is 5.56 Å². The molecule has 0 spiro atoms. The number of carboxylic acid groups (broad SMARTS) is 1. The smallest absolute Gasteiger partial charge is 0.329 e. The molecule has 108 valence electrons. The lowest BCUT2D eigenvalue weighted by Gasteiger charge is -2.26. The highest BCUT2D eigenvalue weighted by atomic mass is 19.2. The molecule has 1 aromatic rings. The standard InChI is InChI=1S/C13H12F3NO3/c1-13(12(19)20,6-2-3-6)17-11(18)7-4-5-8(14)10(16)9(7)15/h4-6H,2-3H2,1H3,(H,17,18)(H,19,20). The average molecular weight is 287 g/mol. The Hall–Kier alpha value is -2.05. The summed E-state index contributed by atoms with van der Waals surface area (Å²) in [5, 5.41) is 11.4. The predicted octanol–water partition coefficient (Wildman–Crippen LogP) is 2.09. The topological polar surface area (TPSA) is 66.4 Å². The second kappa shape index (κ2) is 4.81. The normalized spacial score (nSPS) is 17.4. The van der Waals surface area contributed by atoms with E-state index in [0.717, 1.165) is 6.07 Å². The van der Waals surface area contributed by atoms with E-state index in [1.165, 1.54) is 6.92 Å². The van der Waals surface area contributed by atoms with Crippen LogP contribution in [-0.2, 0) is 4.79 Å². The predicted molar refractivity (Wildman–Crippen MR) is 62.5 cm³/mol. The lowest BCUT2D eigenvalue weighted by Crippen LogP contribution is -2.54. The third-order valence-corrected chi connectivity index (χ3v) is 3.49. The number of carbonyl (C=O) groups excluding carboxylic acids is 1. The molecular formula is C13H12F3NO3. The molecule has 7 heteroatoms. The SMILES string of the molecule is CC(NC(=O)c1ccc(F)c(F)c1F)(C(=O)O)C1CC1. The lowest BCUT2D eigenvalue weighted by molar-refractivity contribution is -0.144. The van der Waals surface area contributed by atoms with E-state index in [4.69, 9.17) is 5.11 Å². The first-order valence-corrected chi connectivity index (χ1v) is 5.96. The number of hydrogen-bond acceptors (Lipinski definition) is 2. The minimum Gasteiger partial charge on any atom is -0.480 e. The fourth-order valence-corrected chi connectivity index (χ4v) is 2.00. The molecule has 1 aromatic carbocycles. The Balaban J connectivity index is 2.28. The number of nitrogens with one attached hydrogen (secondary N) is 1. The van der Waals surface area contributed by atoms with Gasteiger partial charge in [0.25, 0.3) is 5.91 Å². The second-order valence-electron chi connectivity index (χ2n) is 4.96. The molecule has 0 aromatic heterocycles. The third-order valence-electron chi connectivity index (χ3n) is 3.49. The molecule has 0 aliphatic heterocycles. The Kier molecular flexibility index (Phi) is 3.45. The van der Waals surface area contributed by atoms with E-state index < -0.39 is 40.4 Å². The number of halogens is 3. The van der Waals surface area contributed by atoms with Crippen molar-refractivity contribution in [2.24, 2.45) is 5.92 Å². The first-order valence-electron chi connectivity index (χ1n) is 5.96. The van der Waals surface area contributed by atoms with E-state index in [2.05, 4.69) is 5.32 Å². The molecule has 20 heavy (non-hydrogen) atoms. The molecule has 0 heterocycles. The lowest BCUT2D eigenvalue weighted by atomic mass is 9.95. The van der Waals surface area contributed by atoms with Gasteiger partial charge in [0.1, 0.15) is 5.54 Å². The number of hydrogen-bond donors (Lipinski definition) is 2. The molecule has 0 saturated heterocycles. The summed E-state index contributed by atoms with van der Waals surface area (Å²) in [5.41, 5.74) is -2.27. The molecule has 1 aliphatic carbocycles. The molecule has 2 rings (SSSR count). The van der Waals surface area contributed by atoms with E-state index in [0.29, 0.717) is 18.9 Å².